The number of hydrogen-bond donors (Lipinski definition) is 1. The number of carbonyl (C=O) groups is 2. The van der Waals surface area contributed by atoms with Crippen molar-refractivity contribution in [1.29, 1.82) is 0 Å². The van der Waals surface area contributed by atoms with Crippen LogP contribution in [0, 0.1) is 11.8 Å². The molecule has 0 aliphatic heterocycles. The van der Waals surface area contributed by atoms with Gasteiger partial charge in [-0.1, -0.05) is 48.2 Å². The number of anilines is 1. The van der Waals surface area contributed by atoms with Gasteiger partial charge in [0.15, 0.2) is 6.61 Å². The molecule has 0 saturated carbocycles. The minimum atomic E-state index is -0.533. The van der Waals surface area contributed by atoms with Crippen LogP contribution in [-0.4, -0.2) is 18.5 Å². The lowest BCUT2D eigenvalue weighted by Crippen LogP contribution is -2.15. The first-order valence-electron chi connectivity index (χ1n) is 7.89. The highest BCUT2D eigenvalue weighted by molar-refractivity contribution is 7.12. The van der Waals surface area contributed by atoms with Gasteiger partial charge in [-0.3, -0.25) is 4.79 Å². The molecule has 0 bridgehead atoms. The molecule has 1 N–H and O–H groups in total. The number of carbonyl (C=O) groups excluding carboxylic acids is 2. The van der Waals surface area contributed by atoms with Gasteiger partial charge in [0.05, 0.1) is 16.1 Å². The summed E-state index contributed by atoms with van der Waals surface area (Å²) in [5.74, 6) is 4.93. The minimum Gasteiger partial charge on any atom is -0.449 e. The van der Waals surface area contributed by atoms with Crippen LogP contribution in [0.2, 0.25) is 0 Å². The van der Waals surface area contributed by atoms with E-state index in [0.29, 0.717) is 16.1 Å². The van der Waals surface area contributed by atoms with E-state index >= 15 is 0 Å². The molecule has 4 nitrogen and oxygen atoms in total. The van der Waals surface area contributed by atoms with Crippen molar-refractivity contribution in [1.82, 2.24) is 0 Å². The van der Waals surface area contributed by atoms with Crippen molar-refractivity contribution in [3.8, 4) is 11.8 Å². The molecule has 0 saturated heterocycles. The highest BCUT2D eigenvalue weighted by atomic mass is 32.1. The van der Waals surface area contributed by atoms with Crippen LogP contribution in [0.25, 0.3) is 0 Å². The van der Waals surface area contributed by atoms with Gasteiger partial charge < -0.3 is 10.1 Å². The first-order chi connectivity index (χ1) is 12.7. The molecular weight excluding hydrogens is 346 g/mol. The third-order valence-corrected chi connectivity index (χ3v) is 4.29. The molecule has 3 aromatic rings. The second-order valence-electron chi connectivity index (χ2n) is 5.22. The summed E-state index contributed by atoms with van der Waals surface area (Å²) in [5, 5.41) is 4.56. The molecule has 0 fully saturated rings. The lowest BCUT2D eigenvalue weighted by molar-refractivity contribution is 0.0558. The number of esters is 1. The molecule has 26 heavy (non-hydrogen) atoms. The molecule has 5 heteroatoms. The molecule has 0 atom stereocenters. The number of para-hydroxylation sites is 1. The zero-order chi connectivity index (χ0) is 18.2. The van der Waals surface area contributed by atoms with Crippen molar-refractivity contribution in [2.24, 2.45) is 0 Å². The van der Waals surface area contributed by atoms with Gasteiger partial charge >= 0.3 is 5.97 Å². The topological polar surface area (TPSA) is 55.4 Å². The molecule has 2 aromatic carbocycles. The van der Waals surface area contributed by atoms with Crippen LogP contribution in [-0.2, 0) is 4.74 Å². The van der Waals surface area contributed by atoms with Crippen LogP contribution < -0.4 is 5.32 Å². The third kappa shape index (κ3) is 4.59. The molecule has 3 rings (SSSR count). The smallest absolute Gasteiger partial charge is 0.341 e. The standard InChI is InChI=1S/C21H15NO3S/c23-20(19-13-7-15-26-19)22-18-12-5-4-11-17(18)21(24)25-14-6-10-16-8-2-1-3-9-16/h1-5,7-9,11-13,15H,14H2,(H,22,23). The SMILES string of the molecule is O=C(Nc1ccccc1C(=O)OCC#Cc1ccccc1)c1cccs1. The molecule has 1 aromatic heterocycles. The fourth-order valence-corrected chi connectivity index (χ4v) is 2.82. The van der Waals surface area contributed by atoms with Crippen molar-refractivity contribution in [2.75, 3.05) is 11.9 Å². The van der Waals surface area contributed by atoms with E-state index in [1.165, 1.54) is 11.3 Å². The van der Waals surface area contributed by atoms with E-state index in [0.717, 1.165) is 5.56 Å². The lowest BCUT2D eigenvalue weighted by atomic mass is 10.1. The van der Waals surface area contributed by atoms with E-state index in [9.17, 15) is 9.59 Å². The number of benzene rings is 2. The molecular formula is C21H15NO3S. The van der Waals surface area contributed by atoms with E-state index in [1.807, 2.05) is 35.7 Å². The Morgan fingerprint density at radius 2 is 1.73 bits per heavy atom. The average molecular weight is 361 g/mol. The number of thiophene rings is 1. The Labute approximate surface area is 155 Å². The molecule has 0 unspecified atom stereocenters. The summed E-state index contributed by atoms with van der Waals surface area (Å²) < 4.78 is 5.20. The van der Waals surface area contributed by atoms with Crippen LogP contribution >= 0.6 is 11.3 Å². The summed E-state index contributed by atoms with van der Waals surface area (Å²) in [6.45, 7) is -0.0269. The molecule has 1 amide bonds. The van der Waals surface area contributed by atoms with Gasteiger partial charge in [0, 0.05) is 5.56 Å². The van der Waals surface area contributed by atoms with E-state index in [4.69, 9.17) is 4.74 Å². The molecule has 1 heterocycles. The monoisotopic (exact) mass is 361 g/mol. The Morgan fingerprint density at radius 1 is 0.962 bits per heavy atom. The predicted molar refractivity (Wildman–Crippen MR) is 102 cm³/mol. The van der Waals surface area contributed by atoms with Gasteiger partial charge in [-0.2, -0.15) is 0 Å². The first-order valence-corrected chi connectivity index (χ1v) is 8.77. The Morgan fingerprint density at radius 3 is 2.50 bits per heavy atom. The maximum atomic E-state index is 12.3. The van der Waals surface area contributed by atoms with E-state index < -0.39 is 5.97 Å². The fraction of sp³-hybridized carbons (Fsp3) is 0.0476. The molecule has 0 spiro atoms. The molecule has 0 aliphatic carbocycles. The summed E-state index contributed by atoms with van der Waals surface area (Å²) in [5.41, 5.74) is 1.55. The van der Waals surface area contributed by atoms with Crippen molar-refractivity contribution in [3.63, 3.8) is 0 Å². The zero-order valence-corrected chi connectivity index (χ0v) is 14.6. The summed E-state index contributed by atoms with van der Waals surface area (Å²) in [6.07, 6.45) is 0. The first kappa shape index (κ1) is 17.5. The summed E-state index contributed by atoms with van der Waals surface area (Å²) in [4.78, 5) is 25.1. The highest BCUT2D eigenvalue weighted by Crippen LogP contribution is 2.18. The average Bonchev–Trinajstić information content (AvgIpc) is 3.21. The van der Waals surface area contributed by atoms with Crippen LogP contribution in [0.15, 0.2) is 72.1 Å². The fourth-order valence-electron chi connectivity index (χ4n) is 2.20. The number of hydrogen-bond acceptors (Lipinski definition) is 4. The Balaban J connectivity index is 1.64. The maximum absolute atomic E-state index is 12.3. The molecule has 128 valence electrons. The largest absolute Gasteiger partial charge is 0.449 e. The van der Waals surface area contributed by atoms with Gasteiger partial charge in [-0.15, -0.1) is 11.3 Å². The normalized spacial score (nSPS) is 9.69. The summed E-state index contributed by atoms with van der Waals surface area (Å²) >= 11 is 1.33. The van der Waals surface area contributed by atoms with Crippen molar-refractivity contribution in [3.05, 3.63) is 88.1 Å². The molecule has 0 aliphatic rings. The maximum Gasteiger partial charge on any atom is 0.341 e. The highest BCUT2D eigenvalue weighted by Gasteiger charge is 2.15. The summed E-state index contributed by atoms with van der Waals surface area (Å²) in [7, 11) is 0. The number of amides is 1. The van der Waals surface area contributed by atoms with E-state index in [1.54, 1.807) is 36.4 Å². The van der Waals surface area contributed by atoms with Gasteiger partial charge in [0.1, 0.15) is 0 Å². The van der Waals surface area contributed by atoms with Gasteiger partial charge in [-0.25, -0.2) is 4.79 Å². The predicted octanol–water partition coefficient (Wildman–Crippen LogP) is 4.21. The lowest BCUT2D eigenvalue weighted by Gasteiger charge is -2.09. The second-order valence-corrected chi connectivity index (χ2v) is 6.17. The molecule has 0 radical (unpaired) electrons. The van der Waals surface area contributed by atoms with Crippen molar-refractivity contribution >= 4 is 28.9 Å². The van der Waals surface area contributed by atoms with Gasteiger partial charge in [0.2, 0.25) is 0 Å². The Bertz CT molecular complexity index is 954. The quantitative estimate of drug-likeness (QED) is 0.559. The van der Waals surface area contributed by atoms with Crippen molar-refractivity contribution < 1.29 is 14.3 Å². The van der Waals surface area contributed by atoms with E-state index in [-0.39, 0.29) is 12.5 Å². The Hall–Kier alpha value is -3.36. The van der Waals surface area contributed by atoms with Crippen LogP contribution in [0.5, 0.6) is 0 Å². The number of ether oxygens (including phenoxy) is 1. The van der Waals surface area contributed by atoms with E-state index in [2.05, 4.69) is 17.2 Å². The third-order valence-electron chi connectivity index (χ3n) is 3.42. The zero-order valence-electron chi connectivity index (χ0n) is 13.8. The Kier molecular flexibility index (Phi) is 5.81. The second kappa shape index (κ2) is 8.65. The van der Waals surface area contributed by atoms with Gasteiger partial charge in [-0.05, 0) is 35.7 Å². The number of rotatable bonds is 4. The van der Waals surface area contributed by atoms with Gasteiger partial charge in [0.25, 0.3) is 5.91 Å². The van der Waals surface area contributed by atoms with Crippen LogP contribution in [0.3, 0.4) is 0 Å². The summed E-state index contributed by atoms with van der Waals surface area (Å²) in [6, 6.07) is 19.7. The van der Waals surface area contributed by atoms with Crippen LogP contribution in [0.4, 0.5) is 5.69 Å². The number of nitrogens with one attached hydrogen (secondary N) is 1. The minimum absolute atomic E-state index is 0.0269. The van der Waals surface area contributed by atoms with Crippen LogP contribution in [0.1, 0.15) is 25.6 Å². The van der Waals surface area contributed by atoms with Crippen molar-refractivity contribution in [2.45, 2.75) is 0 Å².